The van der Waals surface area contributed by atoms with Crippen LogP contribution in [0.3, 0.4) is 0 Å². The highest BCUT2D eigenvalue weighted by Gasteiger charge is 2.30. The molecule has 17 nitrogen and oxygen atoms in total. The molecule has 0 aliphatic heterocycles. The second-order valence-corrected chi connectivity index (χ2v) is 33.6. The second-order valence-electron chi connectivity index (χ2n) is 30.7. The van der Waals surface area contributed by atoms with Crippen molar-refractivity contribution in [3.8, 4) is 0 Å². The zero-order valence-corrected chi connectivity index (χ0v) is 70.1. The van der Waals surface area contributed by atoms with E-state index in [9.17, 15) is 43.2 Å². The highest BCUT2D eigenvalue weighted by Crippen LogP contribution is 2.45. The third-order valence-corrected chi connectivity index (χ3v) is 21.6. The Morgan fingerprint density at radius 3 is 0.781 bits per heavy atom. The third-order valence-electron chi connectivity index (χ3n) is 19.7. The highest BCUT2D eigenvalue weighted by molar-refractivity contribution is 7.47. The zero-order valence-electron chi connectivity index (χ0n) is 68.4. The van der Waals surface area contributed by atoms with Gasteiger partial charge in [0.1, 0.15) is 19.3 Å². The van der Waals surface area contributed by atoms with Gasteiger partial charge in [0.05, 0.1) is 26.4 Å². The summed E-state index contributed by atoms with van der Waals surface area (Å²) < 4.78 is 68.8. The number of allylic oxidation sites excluding steroid dienone is 4. The largest absolute Gasteiger partial charge is 0.472 e. The average Bonchev–Trinajstić information content (AvgIpc) is 0.915. The van der Waals surface area contributed by atoms with Gasteiger partial charge in [0.15, 0.2) is 12.2 Å². The van der Waals surface area contributed by atoms with Crippen molar-refractivity contribution in [2.45, 2.75) is 457 Å². The topological polar surface area (TPSA) is 237 Å². The summed E-state index contributed by atoms with van der Waals surface area (Å²) in [6.07, 6.45) is 74.5. The molecule has 2 unspecified atom stereocenters. The van der Waals surface area contributed by atoms with Crippen LogP contribution in [0, 0.1) is 5.92 Å². The summed E-state index contributed by atoms with van der Waals surface area (Å²) in [5.74, 6) is -1.41. The molecule has 3 N–H and O–H groups in total. The Morgan fingerprint density at radius 2 is 0.514 bits per heavy atom. The Hall–Kier alpha value is -2.46. The number of phosphoric acid groups is 2. The van der Waals surface area contributed by atoms with Gasteiger partial charge in [-0.1, -0.05) is 386 Å². The molecule has 0 aromatic carbocycles. The molecule has 0 saturated heterocycles. The summed E-state index contributed by atoms with van der Waals surface area (Å²) >= 11 is 0. The van der Waals surface area contributed by atoms with E-state index >= 15 is 0 Å². The van der Waals surface area contributed by atoms with Crippen LogP contribution in [-0.2, 0) is 65.4 Å². The zero-order chi connectivity index (χ0) is 76.9. The number of phosphoric ester groups is 2. The molecule has 5 atom stereocenters. The highest BCUT2D eigenvalue weighted by atomic mass is 31.2. The van der Waals surface area contributed by atoms with Crippen LogP contribution in [0.2, 0.25) is 0 Å². The van der Waals surface area contributed by atoms with Gasteiger partial charge in [-0.2, -0.15) is 0 Å². The monoisotopic (exact) mass is 1530 g/mol. The Labute approximate surface area is 643 Å². The van der Waals surface area contributed by atoms with E-state index in [-0.39, 0.29) is 25.7 Å². The molecule has 0 aromatic heterocycles. The standard InChI is InChI=1S/C86H164O17P2/c1-6-9-12-15-18-21-24-27-30-32-33-34-35-36-38-41-44-47-50-57-62-67-72-85(90)102-81(75-96-83(88)69-64-59-54-48-45-42-40-37-31-28-25-22-19-16-13-10-7-2)77-100-104(92,93)98-73-80(87)74-99-105(94,95)101-78-82(76-97-84(89)70-65-60-55-52-51-53-58-63-68-79(4)5)103-86(91)71-66-61-56-49-46-43-39-29-26-23-20-17-14-11-8-3/h23,26,29,39,79-82,87H,6-22,24-25,27-28,30-38,40-78H2,1-5H3,(H,92,93)(H,94,95)/b26-23-,39-29-/t80-,81-,82-/m1/s1. The third kappa shape index (κ3) is 79.4. The van der Waals surface area contributed by atoms with Crippen molar-refractivity contribution in [1.82, 2.24) is 0 Å². The van der Waals surface area contributed by atoms with Gasteiger partial charge in [-0.25, -0.2) is 9.13 Å². The molecule has 0 amide bonds. The molecule has 0 heterocycles. The molecular formula is C86H164O17P2. The quantitative estimate of drug-likeness (QED) is 0.0169. The average molecular weight is 1530 g/mol. The number of unbranched alkanes of at least 4 members (excludes halogenated alkanes) is 53. The Morgan fingerprint density at radius 1 is 0.295 bits per heavy atom. The maximum atomic E-state index is 13.1. The van der Waals surface area contributed by atoms with Crippen molar-refractivity contribution in [2.75, 3.05) is 39.6 Å². The van der Waals surface area contributed by atoms with Gasteiger partial charge in [0.25, 0.3) is 0 Å². The van der Waals surface area contributed by atoms with Crippen molar-refractivity contribution in [1.29, 1.82) is 0 Å². The van der Waals surface area contributed by atoms with Gasteiger partial charge in [-0.3, -0.25) is 37.3 Å². The van der Waals surface area contributed by atoms with Crippen LogP contribution in [0.5, 0.6) is 0 Å². The molecule has 0 spiro atoms. The maximum Gasteiger partial charge on any atom is 0.472 e. The maximum absolute atomic E-state index is 13.1. The molecule has 0 aliphatic rings. The smallest absolute Gasteiger partial charge is 0.462 e. The summed E-state index contributed by atoms with van der Waals surface area (Å²) in [5, 5.41) is 10.7. The fourth-order valence-electron chi connectivity index (χ4n) is 12.9. The summed E-state index contributed by atoms with van der Waals surface area (Å²) in [4.78, 5) is 73.2. The molecule has 0 aromatic rings. The summed E-state index contributed by atoms with van der Waals surface area (Å²) in [7, 11) is -9.94. The minimum atomic E-state index is -4.97. The lowest BCUT2D eigenvalue weighted by Crippen LogP contribution is -2.30. The lowest BCUT2D eigenvalue weighted by Gasteiger charge is -2.21. The molecule has 0 rings (SSSR count). The first-order valence-electron chi connectivity index (χ1n) is 44.0. The lowest BCUT2D eigenvalue weighted by atomic mass is 10.0. The van der Waals surface area contributed by atoms with Crippen LogP contribution in [0.4, 0.5) is 0 Å². The van der Waals surface area contributed by atoms with Crippen LogP contribution in [0.25, 0.3) is 0 Å². The number of aliphatic hydroxyl groups is 1. The number of carbonyl (C=O) groups is 4. The number of rotatable bonds is 84. The number of aliphatic hydroxyl groups excluding tert-OH is 1. The van der Waals surface area contributed by atoms with Gasteiger partial charge < -0.3 is 33.8 Å². The first kappa shape index (κ1) is 103. The number of hydrogen-bond acceptors (Lipinski definition) is 15. The van der Waals surface area contributed by atoms with Crippen molar-refractivity contribution in [3.05, 3.63) is 24.3 Å². The predicted molar refractivity (Wildman–Crippen MR) is 432 cm³/mol. The van der Waals surface area contributed by atoms with Crippen molar-refractivity contribution >= 4 is 39.5 Å². The number of carbonyl (C=O) groups excluding carboxylic acids is 4. The molecule has 0 aliphatic carbocycles. The molecule has 19 heteroatoms. The summed E-state index contributed by atoms with van der Waals surface area (Å²) in [6, 6.07) is 0. The second kappa shape index (κ2) is 78.2. The van der Waals surface area contributed by atoms with Gasteiger partial charge in [0, 0.05) is 25.7 Å². The first-order valence-corrected chi connectivity index (χ1v) is 46.9. The van der Waals surface area contributed by atoms with Gasteiger partial charge in [-0.05, 0) is 57.3 Å². The summed E-state index contributed by atoms with van der Waals surface area (Å²) in [6.45, 7) is 7.25. The van der Waals surface area contributed by atoms with Crippen molar-refractivity contribution in [3.63, 3.8) is 0 Å². The van der Waals surface area contributed by atoms with E-state index in [1.54, 1.807) is 0 Å². The van der Waals surface area contributed by atoms with E-state index in [0.29, 0.717) is 25.7 Å². The van der Waals surface area contributed by atoms with Gasteiger partial charge >= 0.3 is 39.5 Å². The minimum absolute atomic E-state index is 0.0850. The van der Waals surface area contributed by atoms with E-state index in [4.69, 9.17) is 37.0 Å². The minimum Gasteiger partial charge on any atom is -0.462 e. The SMILES string of the molecule is CCCCCC/C=C\C=C/CCCCCCCC(=O)O[C@H](COC(=O)CCCCCCCCCCC(C)C)COP(=O)(O)OC[C@H](O)COP(=O)(O)OC[C@@H](COC(=O)CCCCCCCCCCCCCCCCCCC)OC(=O)CCCCCCCCCCCCCCCCCCCCCCCC. The molecule has 0 fully saturated rings. The van der Waals surface area contributed by atoms with E-state index in [1.165, 1.54) is 250 Å². The molecule has 0 saturated carbocycles. The van der Waals surface area contributed by atoms with E-state index in [0.717, 1.165) is 109 Å². The van der Waals surface area contributed by atoms with Crippen LogP contribution in [-0.4, -0.2) is 96.7 Å². The Kier molecular flexibility index (Phi) is 76.4. The van der Waals surface area contributed by atoms with Gasteiger partial charge in [0.2, 0.25) is 0 Å². The van der Waals surface area contributed by atoms with Gasteiger partial charge in [-0.15, -0.1) is 0 Å². The number of hydrogen-bond donors (Lipinski definition) is 3. The van der Waals surface area contributed by atoms with E-state index in [2.05, 4.69) is 58.9 Å². The van der Waals surface area contributed by atoms with E-state index in [1.807, 2.05) is 0 Å². The van der Waals surface area contributed by atoms with Crippen LogP contribution < -0.4 is 0 Å². The normalized spacial score (nSPS) is 13.9. The predicted octanol–water partition coefficient (Wildman–Crippen LogP) is 25.9. The fourth-order valence-corrected chi connectivity index (χ4v) is 14.5. The number of esters is 4. The molecule has 105 heavy (non-hydrogen) atoms. The lowest BCUT2D eigenvalue weighted by molar-refractivity contribution is -0.161. The van der Waals surface area contributed by atoms with Crippen LogP contribution >= 0.6 is 15.6 Å². The Balaban J connectivity index is 5.25. The summed E-state index contributed by atoms with van der Waals surface area (Å²) in [5.41, 5.74) is 0. The van der Waals surface area contributed by atoms with E-state index < -0.39 is 97.5 Å². The van der Waals surface area contributed by atoms with Crippen LogP contribution in [0.15, 0.2) is 24.3 Å². The Bertz CT molecular complexity index is 2090. The van der Waals surface area contributed by atoms with Crippen molar-refractivity contribution in [2.24, 2.45) is 5.92 Å². The number of ether oxygens (including phenoxy) is 4. The first-order chi connectivity index (χ1) is 51.0. The fraction of sp³-hybridized carbons (Fsp3) is 0.907. The molecule has 0 bridgehead atoms. The molecular weight excluding hydrogens is 1370 g/mol. The van der Waals surface area contributed by atoms with Crippen molar-refractivity contribution < 1.29 is 80.2 Å². The molecule has 620 valence electrons. The molecule has 0 radical (unpaired) electrons. The van der Waals surface area contributed by atoms with Crippen LogP contribution in [0.1, 0.15) is 439 Å².